The molecular formula is C33H44O9. The van der Waals surface area contributed by atoms with Gasteiger partial charge in [-0.25, -0.2) is 14.4 Å². The molecule has 0 radical (unpaired) electrons. The highest BCUT2D eigenvalue weighted by Crippen LogP contribution is 2.31. The summed E-state index contributed by atoms with van der Waals surface area (Å²) in [7, 11) is 0. The molecule has 42 heavy (non-hydrogen) atoms. The van der Waals surface area contributed by atoms with Crippen LogP contribution in [0.5, 0.6) is 5.75 Å². The summed E-state index contributed by atoms with van der Waals surface area (Å²) in [6.07, 6.45) is 5.89. The maximum absolute atomic E-state index is 12.8. The van der Waals surface area contributed by atoms with Crippen LogP contribution < -0.4 is 4.74 Å². The highest BCUT2D eigenvalue weighted by molar-refractivity contribution is 5.90. The van der Waals surface area contributed by atoms with Crippen molar-refractivity contribution in [2.45, 2.75) is 84.7 Å². The van der Waals surface area contributed by atoms with E-state index in [1.54, 1.807) is 24.3 Å². The van der Waals surface area contributed by atoms with E-state index in [4.69, 9.17) is 28.4 Å². The van der Waals surface area contributed by atoms with Crippen LogP contribution in [-0.4, -0.2) is 62.3 Å². The average Bonchev–Trinajstić information content (AvgIpc) is 3.56. The Kier molecular flexibility index (Phi) is 14.2. The Balaban J connectivity index is 0.00000308. The van der Waals surface area contributed by atoms with Gasteiger partial charge < -0.3 is 28.4 Å². The van der Waals surface area contributed by atoms with Crippen molar-refractivity contribution in [2.24, 2.45) is 0 Å². The van der Waals surface area contributed by atoms with E-state index < -0.39 is 42.3 Å². The van der Waals surface area contributed by atoms with Crippen LogP contribution >= 0.6 is 0 Å². The lowest BCUT2D eigenvalue weighted by Crippen LogP contribution is -2.36. The molecule has 2 aromatic carbocycles. The van der Waals surface area contributed by atoms with Gasteiger partial charge in [-0.1, -0.05) is 66.2 Å². The van der Waals surface area contributed by atoms with Crippen molar-refractivity contribution in [1.82, 2.24) is 0 Å². The topological polar surface area (TPSA) is 107 Å². The lowest BCUT2D eigenvalue weighted by molar-refractivity contribution is -0.144. The Bertz CT molecular complexity index is 1140. The van der Waals surface area contributed by atoms with Gasteiger partial charge in [0.15, 0.2) is 12.2 Å². The van der Waals surface area contributed by atoms with Crippen molar-refractivity contribution >= 4 is 17.9 Å². The monoisotopic (exact) mass is 584 g/mol. The van der Waals surface area contributed by atoms with E-state index in [9.17, 15) is 14.4 Å². The number of rotatable bonds is 14. The van der Waals surface area contributed by atoms with Gasteiger partial charge in [-0.05, 0) is 54.8 Å². The number of carbonyl (C=O) groups excluding carboxylic acids is 3. The molecule has 2 aliphatic heterocycles. The van der Waals surface area contributed by atoms with E-state index >= 15 is 0 Å². The van der Waals surface area contributed by atoms with Gasteiger partial charge in [0, 0.05) is 6.08 Å². The Labute approximate surface area is 249 Å². The number of unbranched alkanes of at least 4 members (excludes halogenated alkanes) is 4. The predicted molar refractivity (Wildman–Crippen MR) is 158 cm³/mol. The van der Waals surface area contributed by atoms with Gasteiger partial charge >= 0.3 is 17.9 Å². The van der Waals surface area contributed by atoms with Crippen molar-refractivity contribution in [3.63, 3.8) is 0 Å². The minimum Gasteiger partial charge on any atom is -0.457 e. The van der Waals surface area contributed by atoms with E-state index in [0.29, 0.717) is 16.9 Å². The normalized spacial score (nSPS) is 20.3. The first-order chi connectivity index (χ1) is 19.5. The summed E-state index contributed by atoms with van der Waals surface area (Å²) in [5.74, 6) is -1.16. The second kappa shape index (κ2) is 17.3. The molecule has 0 unspecified atom stereocenters. The fourth-order valence-electron chi connectivity index (χ4n) is 4.68. The van der Waals surface area contributed by atoms with Crippen molar-refractivity contribution in [2.75, 3.05) is 20.0 Å². The highest BCUT2D eigenvalue weighted by Gasteiger charge is 2.51. The number of ether oxygens (including phenoxy) is 6. The van der Waals surface area contributed by atoms with Crippen LogP contribution in [-0.2, 0) is 34.9 Å². The summed E-state index contributed by atoms with van der Waals surface area (Å²) < 4.78 is 33.0. The molecule has 0 aliphatic carbocycles. The number of carbonyl (C=O) groups is 3. The molecule has 0 amide bonds. The number of aryl methyl sites for hydroxylation is 1. The zero-order chi connectivity index (χ0) is 28.3. The molecule has 0 N–H and O–H groups in total. The SMILES string of the molecule is C.C.C=CC(=O)OCOc1ccc(C(=O)O[C@H]2CO[C@H]3[C@@H]2OC[C@H]3OC(=O)c2ccc(CCCCCCC)cc2)cc1. The summed E-state index contributed by atoms with van der Waals surface area (Å²) in [4.78, 5) is 36.5. The molecule has 2 aliphatic rings. The second-order valence-corrected chi connectivity index (χ2v) is 9.80. The Hall–Kier alpha value is -3.69. The minimum absolute atomic E-state index is 0. The third kappa shape index (κ3) is 9.42. The van der Waals surface area contributed by atoms with Crippen molar-refractivity contribution in [3.05, 3.63) is 77.9 Å². The Morgan fingerprint density at radius 2 is 1.33 bits per heavy atom. The lowest BCUT2D eigenvalue weighted by atomic mass is 10.0. The molecule has 2 saturated heterocycles. The number of benzene rings is 2. The summed E-state index contributed by atoms with van der Waals surface area (Å²) in [5.41, 5.74) is 1.99. The molecule has 4 rings (SSSR count). The molecule has 2 fully saturated rings. The van der Waals surface area contributed by atoms with Gasteiger partial charge in [0.1, 0.15) is 18.0 Å². The quantitative estimate of drug-likeness (QED) is 0.0858. The van der Waals surface area contributed by atoms with Gasteiger partial charge in [0.2, 0.25) is 6.79 Å². The molecular weight excluding hydrogens is 540 g/mol. The van der Waals surface area contributed by atoms with E-state index in [2.05, 4.69) is 13.5 Å². The lowest BCUT2D eigenvalue weighted by Gasteiger charge is -2.17. The van der Waals surface area contributed by atoms with E-state index in [-0.39, 0.29) is 34.9 Å². The Morgan fingerprint density at radius 3 is 1.86 bits per heavy atom. The van der Waals surface area contributed by atoms with Crippen LogP contribution in [0.25, 0.3) is 0 Å². The van der Waals surface area contributed by atoms with Crippen LogP contribution in [0.15, 0.2) is 61.2 Å². The van der Waals surface area contributed by atoms with Gasteiger partial charge in [-0.3, -0.25) is 0 Å². The minimum atomic E-state index is -0.632. The molecule has 4 atom stereocenters. The molecule has 0 saturated carbocycles. The molecule has 0 spiro atoms. The van der Waals surface area contributed by atoms with Gasteiger partial charge in [0.05, 0.1) is 24.3 Å². The summed E-state index contributed by atoms with van der Waals surface area (Å²) in [6, 6.07) is 13.7. The predicted octanol–water partition coefficient (Wildman–Crippen LogP) is 6.09. The zero-order valence-electron chi connectivity index (χ0n) is 22.8. The van der Waals surface area contributed by atoms with Gasteiger partial charge in [-0.15, -0.1) is 0 Å². The maximum atomic E-state index is 12.8. The molecule has 9 nitrogen and oxygen atoms in total. The first kappa shape index (κ1) is 34.5. The third-order valence-corrected chi connectivity index (χ3v) is 6.92. The van der Waals surface area contributed by atoms with Gasteiger partial charge in [-0.2, -0.15) is 0 Å². The van der Waals surface area contributed by atoms with Gasteiger partial charge in [0.25, 0.3) is 0 Å². The van der Waals surface area contributed by atoms with Crippen LogP contribution in [0.2, 0.25) is 0 Å². The van der Waals surface area contributed by atoms with E-state index in [1.807, 2.05) is 12.1 Å². The average molecular weight is 585 g/mol. The number of hydrogen-bond donors (Lipinski definition) is 0. The van der Waals surface area contributed by atoms with E-state index in [1.165, 1.54) is 43.4 Å². The fourth-order valence-corrected chi connectivity index (χ4v) is 4.68. The molecule has 230 valence electrons. The molecule has 0 aromatic heterocycles. The van der Waals surface area contributed by atoms with E-state index in [0.717, 1.165) is 18.9 Å². The van der Waals surface area contributed by atoms with Crippen LogP contribution in [0.4, 0.5) is 0 Å². The molecule has 2 heterocycles. The fraction of sp³-hybridized carbons (Fsp3) is 0.485. The van der Waals surface area contributed by atoms with Crippen LogP contribution in [0.1, 0.15) is 80.2 Å². The van der Waals surface area contributed by atoms with Crippen LogP contribution in [0, 0.1) is 0 Å². The van der Waals surface area contributed by atoms with Crippen molar-refractivity contribution in [3.8, 4) is 5.75 Å². The molecule has 0 bridgehead atoms. The maximum Gasteiger partial charge on any atom is 0.338 e. The third-order valence-electron chi connectivity index (χ3n) is 6.92. The number of esters is 3. The summed E-state index contributed by atoms with van der Waals surface area (Å²) in [5, 5.41) is 0. The van der Waals surface area contributed by atoms with Crippen molar-refractivity contribution in [1.29, 1.82) is 0 Å². The standard InChI is InChI=1S/C31H36O9.2CH4/c1-3-5-6-7-8-9-21-10-12-22(13-11-21)30(33)39-25-18-35-29-26(19-36-28(25)29)40-31(34)23-14-16-24(17-15-23)37-20-38-27(32)4-2;;/h4,10-17,25-26,28-29H,2-3,5-9,18-20H2,1H3;2*1H4/t25-,26+,28-,29-;;/m1../s1. The highest BCUT2D eigenvalue weighted by atomic mass is 16.7. The summed E-state index contributed by atoms with van der Waals surface area (Å²) >= 11 is 0. The Morgan fingerprint density at radius 1 is 0.810 bits per heavy atom. The first-order valence-corrected chi connectivity index (χ1v) is 13.7. The summed E-state index contributed by atoms with van der Waals surface area (Å²) in [6.45, 7) is 5.53. The largest absolute Gasteiger partial charge is 0.457 e. The molecule has 9 heteroatoms. The second-order valence-electron chi connectivity index (χ2n) is 9.80. The zero-order valence-corrected chi connectivity index (χ0v) is 22.8. The number of hydrogen-bond acceptors (Lipinski definition) is 9. The van der Waals surface area contributed by atoms with Crippen LogP contribution in [0.3, 0.4) is 0 Å². The molecule has 2 aromatic rings. The van der Waals surface area contributed by atoms with Crippen molar-refractivity contribution < 1.29 is 42.8 Å². The smallest absolute Gasteiger partial charge is 0.338 e. The number of fused-ring (bicyclic) bond motifs is 1. The first-order valence-electron chi connectivity index (χ1n) is 13.7.